The van der Waals surface area contributed by atoms with Crippen molar-refractivity contribution >= 4 is 10.9 Å². The highest BCUT2D eigenvalue weighted by Crippen LogP contribution is 2.30. The fourth-order valence-electron chi connectivity index (χ4n) is 3.27. The molecule has 0 amide bonds. The van der Waals surface area contributed by atoms with Crippen molar-refractivity contribution in [2.75, 3.05) is 13.1 Å². The number of hydrogen-bond acceptors (Lipinski definition) is 2. The number of benzene rings is 1. The normalized spacial score (nSPS) is 18.8. The van der Waals surface area contributed by atoms with Crippen molar-refractivity contribution in [3.63, 3.8) is 0 Å². The van der Waals surface area contributed by atoms with Gasteiger partial charge in [-0.05, 0) is 49.9 Å². The van der Waals surface area contributed by atoms with E-state index in [2.05, 4.69) is 47.4 Å². The zero-order valence-corrected chi connectivity index (χ0v) is 11.6. The number of nitrogens with two attached hydrogens (primary N) is 1. The summed E-state index contributed by atoms with van der Waals surface area (Å²) >= 11 is 0. The monoisotopic (exact) mass is 257 g/mol. The maximum absolute atomic E-state index is 6.47. The Morgan fingerprint density at radius 3 is 2.84 bits per heavy atom. The summed E-state index contributed by atoms with van der Waals surface area (Å²) in [5, 5.41) is 4.73. The fourth-order valence-corrected chi connectivity index (χ4v) is 3.27. The van der Waals surface area contributed by atoms with E-state index in [1.807, 2.05) is 0 Å². The van der Waals surface area contributed by atoms with Crippen molar-refractivity contribution in [2.45, 2.75) is 25.3 Å². The van der Waals surface area contributed by atoms with Crippen LogP contribution < -0.4 is 11.1 Å². The lowest BCUT2D eigenvalue weighted by molar-refractivity contribution is 0.333. The molecule has 2 aromatic rings. The molecule has 1 aromatic carbocycles. The maximum Gasteiger partial charge on any atom is 0.0481 e. The second kappa shape index (κ2) is 5.35. The van der Waals surface area contributed by atoms with Gasteiger partial charge in [0.05, 0.1) is 0 Å². The van der Waals surface area contributed by atoms with Crippen LogP contribution in [-0.2, 0) is 7.05 Å². The fraction of sp³-hybridized carbons (Fsp3) is 0.500. The van der Waals surface area contributed by atoms with Gasteiger partial charge in [-0.2, -0.15) is 0 Å². The lowest BCUT2D eigenvalue weighted by Crippen LogP contribution is -2.29. The van der Waals surface area contributed by atoms with E-state index >= 15 is 0 Å². The van der Waals surface area contributed by atoms with Crippen molar-refractivity contribution in [1.29, 1.82) is 0 Å². The molecule has 1 atom stereocenters. The van der Waals surface area contributed by atoms with Gasteiger partial charge in [-0.15, -0.1) is 0 Å². The second-order valence-corrected chi connectivity index (χ2v) is 5.75. The van der Waals surface area contributed by atoms with E-state index in [9.17, 15) is 0 Å². The summed E-state index contributed by atoms with van der Waals surface area (Å²) in [5.41, 5.74) is 9.05. The average molecular weight is 257 g/mol. The Labute approximate surface area is 114 Å². The van der Waals surface area contributed by atoms with E-state index in [0.29, 0.717) is 0 Å². The third kappa shape index (κ3) is 2.53. The number of fused-ring (bicyclic) bond motifs is 1. The number of nitrogens with zero attached hydrogens (tertiary/aromatic N) is 1. The van der Waals surface area contributed by atoms with Gasteiger partial charge in [-0.25, -0.2) is 0 Å². The predicted molar refractivity (Wildman–Crippen MR) is 80.1 cm³/mol. The van der Waals surface area contributed by atoms with E-state index in [1.54, 1.807) is 0 Å². The van der Waals surface area contributed by atoms with E-state index < -0.39 is 0 Å². The van der Waals surface area contributed by atoms with Gasteiger partial charge >= 0.3 is 0 Å². The molecule has 3 N–H and O–H groups in total. The van der Waals surface area contributed by atoms with E-state index in [0.717, 1.165) is 25.4 Å². The highest BCUT2D eigenvalue weighted by atomic mass is 14.9. The molecule has 0 saturated carbocycles. The Kier molecular flexibility index (Phi) is 3.58. The standard InChI is InChI=1S/C16H23N3/c1-19-11-14(13-4-2-3-5-16(13)19)15(17)10-12-6-8-18-9-7-12/h2-5,11-12,15,18H,6-10,17H2,1H3. The van der Waals surface area contributed by atoms with Gasteiger partial charge in [-0.3, -0.25) is 0 Å². The van der Waals surface area contributed by atoms with Gasteiger partial charge in [0.15, 0.2) is 0 Å². The third-order valence-electron chi connectivity index (χ3n) is 4.37. The molecule has 1 unspecified atom stereocenters. The van der Waals surface area contributed by atoms with Crippen LogP contribution in [-0.4, -0.2) is 17.7 Å². The SMILES string of the molecule is Cn1cc(C(N)CC2CCNCC2)c2ccccc21. The predicted octanol–water partition coefficient (Wildman–Crippen LogP) is 2.57. The Bertz CT molecular complexity index is 552. The first-order chi connectivity index (χ1) is 9.25. The lowest BCUT2D eigenvalue weighted by Gasteiger charge is -2.25. The van der Waals surface area contributed by atoms with Crippen LogP contribution in [0.1, 0.15) is 30.9 Å². The minimum absolute atomic E-state index is 0.161. The molecule has 1 saturated heterocycles. The molecule has 0 bridgehead atoms. The molecule has 0 aliphatic carbocycles. The van der Waals surface area contributed by atoms with Crippen LogP contribution in [0.15, 0.2) is 30.5 Å². The van der Waals surface area contributed by atoms with E-state index in [1.165, 1.54) is 29.3 Å². The quantitative estimate of drug-likeness (QED) is 0.887. The van der Waals surface area contributed by atoms with Gasteiger partial charge in [0.25, 0.3) is 0 Å². The Hall–Kier alpha value is -1.32. The van der Waals surface area contributed by atoms with Crippen molar-refractivity contribution in [2.24, 2.45) is 18.7 Å². The average Bonchev–Trinajstić information content (AvgIpc) is 2.78. The topological polar surface area (TPSA) is 43.0 Å². The second-order valence-electron chi connectivity index (χ2n) is 5.75. The van der Waals surface area contributed by atoms with Crippen LogP contribution in [0.3, 0.4) is 0 Å². The Morgan fingerprint density at radius 2 is 2.05 bits per heavy atom. The zero-order valence-electron chi connectivity index (χ0n) is 11.6. The lowest BCUT2D eigenvalue weighted by atomic mass is 9.89. The first-order valence-electron chi connectivity index (χ1n) is 7.26. The molecule has 1 aliphatic rings. The molecule has 3 nitrogen and oxygen atoms in total. The summed E-state index contributed by atoms with van der Waals surface area (Å²) < 4.78 is 2.19. The summed E-state index contributed by atoms with van der Waals surface area (Å²) in [5.74, 6) is 0.773. The van der Waals surface area contributed by atoms with Crippen LogP contribution in [0.4, 0.5) is 0 Å². The van der Waals surface area contributed by atoms with Crippen LogP contribution in [0.5, 0.6) is 0 Å². The summed E-state index contributed by atoms with van der Waals surface area (Å²) in [7, 11) is 2.10. The molecule has 1 aromatic heterocycles. The molecule has 3 heteroatoms. The largest absolute Gasteiger partial charge is 0.350 e. The first-order valence-corrected chi connectivity index (χ1v) is 7.26. The van der Waals surface area contributed by atoms with Crippen molar-refractivity contribution in [1.82, 2.24) is 9.88 Å². The number of aryl methyl sites for hydroxylation is 1. The summed E-state index contributed by atoms with van der Waals surface area (Å²) in [6.45, 7) is 2.29. The van der Waals surface area contributed by atoms with Gasteiger partial charge in [0, 0.05) is 30.2 Å². The number of hydrogen-bond donors (Lipinski definition) is 2. The van der Waals surface area contributed by atoms with E-state index in [-0.39, 0.29) is 6.04 Å². The van der Waals surface area contributed by atoms with Gasteiger partial charge in [0.2, 0.25) is 0 Å². The minimum atomic E-state index is 0.161. The van der Waals surface area contributed by atoms with E-state index in [4.69, 9.17) is 5.73 Å². The van der Waals surface area contributed by atoms with Gasteiger partial charge < -0.3 is 15.6 Å². The molecule has 0 spiro atoms. The number of rotatable bonds is 3. The van der Waals surface area contributed by atoms with Crippen LogP contribution in [0, 0.1) is 5.92 Å². The zero-order chi connectivity index (χ0) is 13.2. The molecule has 1 aliphatic heterocycles. The smallest absolute Gasteiger partial charge is 0.0481 e. The van der Waals surface area contributed by atoms with Crippen molar-refractivity contribution in [3.8, 4) is 0 Å². The highest BCUT2D eigenvalue weighted by Gasteiger charge is 2.19. The molecule has 1 fully saturated rings. The van der Waals surface area contributed by atoms with Crippen LogP contribution in [0.2, 0.25) is 0 Å². The van der Waals surface area contributed by atoms with Gasteiger partial charge in [0.1, 0.15) is 0 Å². The molecule has 19 heavy (non-hydrogen) atoms. The van der Waals surface area contributed by atoms with Crippen molar-refractivity contribution in [3.05, 3.63) is 36.0 Å². The van der Waals surface area contributed by atoms with Crippen LogP contribution >= 0.6 is 0 Å². The molecule has 102 valence electrons. The summed E-state index contributed by atoms with van der Waals surface area (Å²) in [6.07, 6.45) is 5.84. The molecular formula is C16H23N3. The molecular weight excluding hydrogens is 234 g/mol. The number of piperidine rings is 1. The summed E-state index contributed by atoms with van der Waals surface area (Å²) in [4.78, 5) is 0. The third-order valence-corrected chi connectivity index (χ3v) is 4.37. The number of para-hydroxylation sites is 1. The minimum Gasteiger partial charge on any atom is -0.350 e. The van der Waals surface area contributed by atoms with Crippen molar-refractivity contribution < 1.29 is 0 Å². The highest BCUT2D eigenvalue weighted by molar-refractivity contribution is 5.84. The molecule has 3 rings (SSSR count). The first kappa shape index (κ1) is 12.7. The Balaban J connectivity index is 1.82. The number of nitrogens with one attached hydrogen (secondary N) is 1. The molecule has 2 heterocycles. The van der Waals surface area contributed by atoms with Crippen LogP contribution in [0.25, 0.3) is 10.9 Å². The molecule has 0 radical (unpaired) electrons. The maximum atomic E-state index is 6.47. The van der Waals surface area contributed by atoms with Gasteiger partial charge in [-0.1, -0.05) is 18.2 Å². The Morgan fingerprint density at radius 1 is 1.32 bits per heavy atom. The summed E-state index contributed by atoms with van der Waals surface area (Å²) in [6, 6.07) is 8.70. The number of aromatic nitrogens is 1.